The van der Waals surface area contributed by atoms with E-state index in [2.05, 4.69) is 70.6 Å². The van der Waals surface area contributed by atoms with Crippen molar-refractivity contribution in [3.05, 3.63) is 103 Å². The van der Waals surface area contributed by atoms with E-state index in [0.29, 0.717) is 12.0 Å². The number of aliphatic hydroxyl groups excluding tert-OH is 1. The van der Waals surface area contributed by atoms with E-state index in [0.717, 1.165) is 49.8 Å². The summed E-state index contributed by atoms with van der Waals surface area (Å²) in [4.78, 5) is 4.72. The number of aliphatic hydroxyl groups is 1. The van der Waals surface area contributed by atoms with Crippen LogP contribution in [0.25, 0.3) is 49.5 Å². The number of aromatic nitrogens is 2. The molecule has 6 rings (SSSR count). The first-order chi connectivity index (χ1) is 18.2. The molecule has 0 saturated carbocycles. The molecule has 0 bridgehead atoms. The monoisotopic (exact) mass is 482 g/mol. The normalized spacial score (nSPS) is 12.1. The van der Waals surface area contributed by atoms with E-state index >= 15 is 0 Å². The quantitative estimate of drug-likeness (QED) is 0.267. The Kier molecular flexibility index (Phi) is 5.80. The highest BCUT2D eigenvalue weighted by atomic mass is 16.3. The molecular formula is C32H26N4O. The summed E-state index contributed by atoms with van der Waals surface area (Å²) in [5.74, 6) is 0. The zero-order chi connectivity index (χ0) is 25.4. The van der Waals surface area contributed by atoms with Crippen LogP contribution in [0, 0.1) is 11.3 Å². The second-order valence-corrected chi connectivity index (χ2v) is 9.37. The predicted molar refractivity (Wildman–Crippen MR) is 151 cm³/mol. The first kappa shape index (κ1) is 22.8. The van der Waals surface area contributed by atoms with Crippen molar-refractivity contribution in [2.45, 2.75) is 19.4 Å². The molecular weight excluding hydrogens is 456 g/mol. The van der Waals surface area contributed by atoms with Crippen molar-refractivity contribution in [2.24, 2.45) is 0 Å². The number of hydrogen-bond donors (Lipinski definition) is 2. The number of fused-ring (bicyclic) bond motifs is 4. The molecule has 4 aromatic carbocycles. The number of benzene rings is 4. The molecule has 2 aromatic heterocycles. The number of rotatable bonds is 6. The molecule has 0 fully saturated rings. The molecule has 1 atom stereocenters. The van der Waals surface area contributed by atoms with Gasteiger partial charge in [-0.2, -0.15) is 5.26 Å². The Balaban J connectivity index is 1.59. The highest BCUT2D eigenvalue weighted by molar-refractivity contribution is 6.16. The van der Waals surface area contributed by atoms with Crippen molar-refractivity contribution in [2.75, 3.05) is 11.9 Å². The Labute approximate surface area is 215 Å². The zero-order valence-corrected chi connectivity index (χ0v) is 20.5. The smallest absolute Gasteiger partial charge is 0.101 e. The van der Waals surface area contributed by atoms with Crippen LogP contribution in [0.4, 0.5) is 5.69 Å². The van der Waals surface area contributed by atoms with E-state index in [-0.39, 0.29) is 12.6 Å². The van der Waals surface area contributed by atoms with Crippen molar-refractivity contribution in [1.29, 1.82) is 5.26 Å². The molecule has 0 aliphatic rings. The van der Waals surface area contributed by atoms with E-state index in [1.54, 1.807) is 0 Å². The van der Waals surface area contributed by atoms with Crippen LogP contribution in [0.3, 0.4) is 0 Å². The van der Waals surface area contributed by atoms with Crippen molar-refractivity contribution in [1.82, 2.24) is 9.55 Å². The minimum absolute atomic E-state index is 0.0394. The Bertz CT molecular complexity index is 1810. The van der Waals surface area contributed by atoms with Crippen LogP contribution in [0.2, 0.25) is 0 Å². The molecule has 0 saturated heterocycles. The zero-order valence-electron chi connectivity index (χ0n) is 20.5. The number of nitrogens with zero attached hydrogens (tertiary/aromatic N) is 3. The molecule has 0 amide bonds. The van der Waals surface area contributed by atoms with Crippen molar-refractivity contribution < 1.29 is 5.11 Å². The Morgan fingerprint density at radius 3 is 2.62 bits per heavy atom. The van der Waals surface area contributed by atoms with Crippen LogP contribution in [-0.4, -0.2) is 27.3 Å². The second-order valence-electron chi connectivity index (χ2n) is 9.37. The SMILES string of the molecule is C[C@H](CCO)Nc1cc(-n2c3ccccc3c3c(-c4cnc5ccccc5c4)cccc32)ccc1C#N. The lowest BCUT2D eigenvalue weighted by molar-refractivity contribution is 0.282. The maximum absolute atomic E-state index is 9.71. The second kappa shape index (κ2) is 9.42. The van der Waals surface area contributed by atoms with E-state index < -0.39 is 0 Å². The van der Waals surface area contributed by atoms with Crippen LogP contribution >= 0.6 is 0 Å². The third kappa shape index (κ3) is 3.98. The van der Waals surface area contributed by atoms with Gasteiger partial charge in [0.1, 0.15) is 6.07 Å². The number of hydrogen-bond acceptors (Lipinski definition) is 4. The summed E-state index contributed by atoms with van der Waals surface area (Å²) in [6.45, 7) is 2.10. The lowest BCUT2D eigenvalue weighted by Gasteiger charge is -2.17. The lowest BCUT2D eigenvalue weighted by atomic mass is 9.99. The minimum atomic E-state index is 0.0394. The largest absolute Gasteiger partial charge is 0.396 e. The Hall–Kier alpha value is -4.66. The molecule has 0 aliphatic heterocycles. The minimum Gasteiger partial charge on any atom is -0.396 e. The van der Waals surface area contributed by atoms with E-state index in [4.69, 9.17) is 4.98 Å². The highest BCUT2D eigenvalue weighted by Crippen LogP contribution is 2.39. The lowest BCUT2D eigenvalue weighted by Crippen LogP contribution is -2.17. The van der Waals surface area contributed by atoms with E-state index in [9.17, 15) is 10.4 Å². The summed E-state index contributed by atoms with van der Waals surface area (Å²) in [5, 5.41) is 25.9. The summed E-state index contributed by atoms with van der Waals surface area (Å²) in [6, 6.07) is 33.4. The maximum Gasteiger partial charge on any atom is 0.101 e. The first-order valence-electron chi connectivity index (χ1n) is 12.5. The summed E-state index contributed by atoms with van der Waals surface area (Å²) >= 11 is 0. The third-order valence-corrected chi connectivity index (χ3v) is 6.94. The van der Waals surface area contributed by atoms with Crippen molar-refractivity contribution in [3.63, 3.8) is 0 Å². The molecule has 0 aliphatic carbocycles. The summed E-state index contributed by atoms with van der Waals surface area (Å²) in [5.41, 5.74) is 7.69. The fourth-order valence-electron chi connectivity index (χ4n) is 5.18. The fourth-order valence-corrected chi connectivity index (χ4v) is 5.18. The summed E-state index contributed by atoms with van der Waals surface area (Å²) in [6.07, 6.45) is 2.56. The molecule has 2 N–H and O–H groups in total. The molecule has 2 heterocycles. The average Bonchev–Trinajstić information content (AvgIpc) is 3.27. The molecule has 5 heteroatoms. The van der Waals surface area contributed by atoms with Crippen LogP contribution in [0.5, 0.6) is 0 Å². The molecule has 37 heavy (non-hydrogen) atoms. The molecule has 0 spiro atoms. The summed E-state index contributed by atoms with van der Waals surface area (Å²) < 4.78 is 2.26. The molecule has 0 unspecified atom stereocenters. The molecule has 180 valence electrons. The van der Waals surface area contributed by atoms with Crippen LogP contribution in [0.15, 0.2) is 97.2 Å². The van der Waals surface area contributed by atoms with Gasteiger partial charge >= 0.3 is 0 Å². The van der Waals surface area contributed by atoms with Crippen LogP contribution in [-0.2, 0) is 0 Å². The summed E-state index contributed by atoms with van der Waals surface area (Å²) in [7, 11) is 0. The van der Waals surface area contributed by atoms with Gasteiger partial charge in [0, 0.05) is 46.3 Å². The molecule has 6 aromatic rings. The van der Waals surface area contributed by atoms with Gasteiger partial charge in [-0.05, 0) is 61.4 Å². The fraction of sp³-hybridized carbons (Fsp3) is 0.125. The number of nitriles is 1. The number of nitrogens with one attached hydrogen (secondary N) is 1. The van der Waals surface area contributed by atoms with Gasteiger partial charge in [0.25, 0.3) is 0 Å². The van der Waals surface area contributed by atoms with Crippen LogP contribution < -0.4 is 5.32 Å². The van der Waals surface area contributed by atoms with Gasteiger partial charge in [-0.1, -0.05) is 48.5 Å². The number of para-hydroxylation sites is 2. The highest BCUT2D eigenvalue weighted by Gasteiger charge is 2.17. The Morgan fingerprint density at radius 1 is 0.946 bits per heavy atom. The first-order valence-corrected chi connectivity index (χ1v) is 12.5. The molecule has 5 nitrogen and oxygen atoms in total. The number of anilines is 1. The number of pyridine rings is 1. The average molecular weight is 483 g/mol. The van der Waals surface area contributed by atoms with Gasteiger partial charge in [-0.3, -0.25) is 4.98 Å². The van der Waals surface area contributed by atoms with Gasteiger partial charge in [0.15, 0.2) is 0 Å². The van der Waals surface area contributed by atoms with E-state index in [1.165, 1.54) is 5.39 Å². The standard InChI is InChI=1S/C32H26N4O/c1-21(15-16-37)35-29-18-25(14-13-23(29)19-33)36-30-11-5-3-8-27(30)32-26(9-6-12-31(32)36)24-17-22-7-2-4-10-28(22)34-20-24/h2-14,17-18,20-21,35,37H,15-16H2,1H3/t21-/m1/s1. The van der Waals surface area contributed by atoms with Crippen molar-refractivity contribution >= 4 is 38.4 Å². The topological polar surface area (TPSA) is 73.9 Å². The van der Waals surface area contributed by atoms with Gasteiger partial charge in [0.2, 0.25) is 0 Å². The molecule has 0 radical (unpaired) electrons. The third-order valence-electron chi connectivity index (χ3n) is 6.94. The van der Waals surface area contributed by atoms with Gasteiger partial charge in [-0.25, -0.2) is 0 Å². The van der Waals surface area contributed by atoms with E-state index in [1.807, 2.05) is 49.5 Å². The maximum atomic E-state index is 9.71. The van der Waals surface area contributed by atoms with Gasteiger partial charge in [-0.15, -0.1) is 0 Å². The van der Waals surface area contributed by atoms with Gasteiger partial charge < -0.3 is 15.0 Å². The van der Waals surface area contributed by atoms with Crippen molar-refractivity contribution in [3.8, 4) is 22.9 Å². The Morgan fingerprint density at radius 2 is 1.76 bits per heavy atom. The van der Waals surface area contributed by atoms with Crippen LogP contribution in [0.1, 0.15) is 18.9 Å². The predicted octanol–water partition coefficient (Wildman–Crippen LogP) is 7.05. The van der Waals surface area contributed by atoms with Gasteiger partial charge in [0.05, 0.1) is 27.8 Å².